The second-order valence-electron chi connectivity index (χ2n) is 3.53. The summed E-state index contributed by atoms with van der Waals surface area (Å²) in [5.41, 5.74) is 4.59. The number of hydrogen-bond acceptors (Lipinski definition) is 2. The standard InChI is InChI=1S/C10H11ClF3NO/c1-5(4-15)6-2-7(10(12,13)14)9(16)8(11)3-6/h2-3,5,16H,4,15H2,1H3. The van der Waals surface area contributed by atoms with E-state index in [1.807, 2.05) is 0 Å². The minimum Gasteiger partial charge on any atom is -0.506 e. The average Bonchev–Trinajstić information content (AvgIpc) is 2.18. The highest BCUT2D eigenvalue weighted by Gasteiger charge is 2.35. The van der Waals surface area contributed by atoms with Crippen molar-refractivity contribution in [3.05, 3.63) is 28.3 Å². The van der Waals surface area contributed by atoms with Crippen molar-refractivity contribution in [3.63, 3.8) is 0 Å². The highest BCUT2D eigenvalue weighted by Crippen LogP contribution is 2.41. The van der Waals surface area contributed by atoms with Gasteiger partial charge in [0.25, 0.3) is 0 Å². The van der Waals surface area contributed by atoms with Gasteiger partial charge in [-0.1, -0.05) is 18.5 Å². The first kappa shape index (κ1) is 13.1. The van der Waals surface area contributed by atoms with E-state index in [1.165, 1.54) is 6.07 Å². The molecule has 1 atom stereocenters. The highest BCUT2D eigenvalue weighted by atomic mass is 35.5. The largest absolute Gasteiger partial charge is 0.506 e. The van der Waals surface area contributed by atoms with Gasteiger partial charge in [0.15, 0.2) is 0 Å². The normalized spacial score (nSPS) is 13.9. The van der Waals surface area contributed by atoms with Crippen LogP contribution in [-0.2, 0) is 6.18 Å². The van der Waals surface area contributed by atoms with Crippen molar-refractivity contribution in [2.75, 3.05) is 6.54 Å². The fourth-order valence-corrected chi connectivity index (χ4v) is 1.48. The molecule has 16 heavy (non-hydrogen) atoms. The molecule has 1 aromatic rings. The molecule has 0 fully saturated rings. The van der Waals surface area contributed by atoms with Crippen molar-refractivity contribution in [2.24, 2.45) is 5.73 Å². The van der Waals surface area contributed by atoms with Crippen molar-refractivity contribution in [2.45, 2.75) is 19.0 Å². The Morgan fingerprint density at radius 2 is 2.00 bits per heavy atom. The van der Waals surface area contributed by atoms with Crippen LogP contribution >= 0.6 is 11.6 Å². The van der Waals surface area contributed by atoms with Crippen LogP contribution in [0.3, 0.4) is 0 Å². The Kier molecular flexibility index (Phi) is 3.70. The van der Waals surface area contributed by atoms with Gasteiger partial charge in [0, 0.05) is 0 Å². The lowest BCUT2D eigenvalue weighted by Crippen LogP contribution is -2.11. The summed E-state index contributed by atoms with van der Waals surface area (Å²) < 4.78 is 37.6. The fourth-order valence-electron chi connectivity index (χ4n) is 1.26. The molecule has 0 bridgehead atoms. The SMILES string of the molecule is CC(CN)c1cc(Cl)c(O)c(C(F)(F)F)c1. The average molecular weight is 254 g/mol. The zero-order valence-corrected chi connectivity index (χ0v) is 9.23. The number of alkyl halides is 3. The Labute approximate surface area is 95.8 Å². The zero-order chi connectivity index (χ0) is 12.5. The molecule has 0 spiro atoms. The van der Waals surface area contributed by atoms with E-state index in [2.05, 4.69) is 0 Å². The molecule has 6 heteroatoms. The molecule has 0 saturated heterocycles. The summed E-state index contributed by atoms with van der Waals surface area (Å²) >= 11 is 5.54. The third kappa shape index (κ3) is 2.59. The van der Waals surface area contributed by atoms with Crippen LogP contribution in [0, 0.1) is 0 Å². The molecule has 0 aliphatic carbocycles. The van der Waals surface area contributed by atoms with Crippen molar-refractivity contribution in [3.8, 4) is 5.75 Å². The van der Waals surface area contributed by atoms with Crippen LogP contribution in [0.1, 0.15) is 24.0 Å². The summed E-state index contributed by atoms with van der Waals surface area (Å²) in [5, 5.41) is 8.91. The molecule has 2 nitrogen and oxygen atoms in total. The van der Waals surface area contributed by atoms with E-state index < -0.39 is 17.5 Å². The Balaban J connectivity index is 3.33. The molecular formula is C10H11ClF3NO. The maximum absolute atomic E-state index is 12.5. The van der Waals surface area contributed by atoms with E-state index in [9.17, 15) is 18.3 Å². The first-order chi connectivity index (χ1) is 7.27. The minimum absolute atomic E-state index is 0.207. The zero-order valence-electron chi connectivity index (χ0n) is 8.48. The maximum atomic E-state index is 12.5. The number of phenolic OH excluding ortho intramolecular Hbond substituents is 1. The van der Waals surface area contributed by atoms with Crippen molar-refractivity contribution < 1.29 is 18.3 Å². The van der Waals surface area contributed by atoms with Crippen LogP contribution in [0.15, 0.2) is 12.1 Å². The van der Waals surface area contributed by atoms with Crippen LogP contribution in [-0.4, -0.2) is 11.7 Å². The van der Waals surface area contributed by atoms with Crippen LogP contribution in [0.4, 0.5) is 13.2 Å². The molecular weight excluding hydrogens is 243 g/mol. The maximum Gasteiger partial charge on any atom is 0.420 e. The molecule has 0 aromatic heterocycles. The van der Waals surface area contributed by atoms with Gasteiger partial charge in [0.2, 0.25) is 0 Å². The van der Waals surface area contributed by atoms with Gasteiger partial charge in [-0.3, -0.25) is 0 Å². The van der Waals surface area contributed by atoms with Crippen LogP contribution in [0.2, 0.25) is 5.02 Å². The molecule has 1 rings (SSSR count). The van der Waals surface area contributed by atoms with Gasteiger partial charge in [0.1, 0.15) is 5.75 Å². The third-order valence-corrected chi connectivity index (χ3v) is 2.60. The number of halogens is 4. The molecule has 0 aliphatic heterocycles. The van der Waals surface area contributed by atoms with Crippen molar-refractivity contribution in [1.82, 2.24) is 0 Å². The smallest absolute Gasteiger partial charge is 0.420 e. The topological polar surface area (TPSA) is 46.2 Å². The number of rotatable bonds is 2. The second-order valence-corrected chi connectivity index (χ2v) is 3.94. The van der Waals surface area contributed by atoms with E-state index in [4.69, 9.17) is 17.3 Å². The lowest BCUT2D eigenvalue weighted by molar-refractivity contribution is -0.138. The van der Waals surface area contributed by atoms with Gasteiger partial charge < -0.3 is 10.8 Å². The summed E-state index contributed by atoms with van der Waals surface area (Å²) in [5.74, 6) is -1.19. The molecule has 0 radical (unpaired) electrons. The van der Waals surface area contributed by atoms with Gasteiger partial charge >= 0.3 is 6.18 Å². The van der Waals surface area contributed by atoms with Crippen molar-refractivity contribution >= 4 is 11.6 Å². The third-order valence-electron chi connectivity index (χ3n) is 2.31. The minimum atomic E-state index is -4.63. The molecule has 3 N–H and O–H groups in total. The van der Waals surface area contributed by atoms with E-state index in [0.717, 1.165) is 6.07 Å². The van der Waals surface area contributed by atoms with Gasteiger partial charge in [-0.2, -0.15) is 13.2 Å². The summed E-state index contributed by atoms with van der Waals surface area (Å²) in [4.78, 5) is 0. The molecule has 90 valence electrons. The molecule has 1 unspecified atom stereocenters. The summed E-state index contributed by atoms with van der Waals surface area (Å²) in [6.07, 6.45) is -4.63. The van der Waals surface area contributed by atoms with E-state index >= 15 is 0 Å². The number of hydrogen-bond donors (Lipinski definition) is 2. The Bertz CT molecular complexity index is 392. The van der Waals surface area contributed by atoms with E-state index in [0.29, 0.717) is 5.56 Å². The molecule has 0 amide bonds. The monoisotopic (exact) mass is 253 g/mol. The predicted molar refractivity (Wildman–Crippen MR) is 55.6 cm³/mol. The van der Waals surface area contributed by atoms with E-state index in [-0.39, 0.29) is 17.5 Å². The second kappa shape index (κ2) is 4.51. The molecule has 0 heterocycles. The van der Waals surface area contributed by atoms with Gasteiger partial charge in [-0.15, -0.1) is 0 Å². The first-order valence-corrected chi connectivity index (χ1v) is 4.94. The van der Waals surface area contributed by atoms with E-state index in [1.54, 1.807) is 6.92 Å². The van der Waals surface area contributed by atoms with Gasteiger partial charge in [-0.25, -0.2) is 0 Å². The van der Waals surface area contributed by atoms with Gasteiger partial charge in [-0.05, 0) is 30.2 Å². The van der Waals surface area contributed by atoms with Crippen LogP contribution in [0.25, 0.3) is 0 Å². The molecule has 0 aliphatic rings. The number of nitrogens with two attached hydrogens (primary N) is 1. The number of aromatic hydroxyl groups is 1. The fraction of sp³-hybridized carbons (Fsp3) is 0.400. The number of phenols is 1. The lowest BCUT2D eigenvalue weighted by Gasteiger charge is -2.15. The summed E-state index contributed by atoms with van der Waals surface area (Å²) in [6, 6.07) is 2.17. The Morgan fingerprint density at radius 1 is 1.44 bits per heavy atom. The van der Waals surface area contributed by atoms with Crippen LogP contribution < -0.4 is 5.73 Å². The quantitative estimate of drug-likeness (QED) is 0.851. The molecule has 1 aromatic carbocycles. The van der Waals surface area contributed by atoms with Gasteiger partial charge in [0.05, 0.1) is 10.6 Å². The summed E-state index contributed by atoms with van der Waals surface area (Å²) in [6.45, 7) is 1.89. The highest BCUT2D eigenvalue weighted by molar-refractivity contribution is 6.32. The number of benzene rings is 1. The molecule has 0 saturated carbocycles. The predicted octanol–water partition coefficient (Wildman–Crippen LogP) is 3.13. The Morgan fingerprint density at radius 3 is 2.44 bits per heavy atom. The van der Waals surface area contributed by atoms with Crippen molar-refractivity contribution in [1.29, 1.82) is 0 Å². The Hall–Kier alpha value is -0.940. The first-order valence-electron chi connectivity index (χ1n) is 4.57. The van der Waals surface area contributed by atoms with Crippen LogP contribution in [0.5, 0.6) is 5.75 Å². The summed E-state index contributed by atoms with van der Waals surface area (Å²) in [7, 11) is 0. The lowest BCUT2D eigenvalue weighted by atomic mass is 9.98.